The number of anilines is 1. The Morgan fingerprint density at radius 1 is 0.786 bits per heavy atom. The summed E-state index contributed by atoms with van der Waals surface area (Å²) < 4.78 is 3.14. The van der Waals surface area contributed by atoms with E-state index in [2.05, 4.69) is 44.9 Å². The molecule has 6 rings (SSSR count). The van der Waals surface area contributed by atoms with E-state index in [1.165, 1.54) is 4.90 Å². The van der Waals surface area contributed by atoms with Crippen LogP contribution >= 0.6 is 28.1 Å². The van der Waals surface area contributed by atoms with Gasteiger partial charge in [-0.3, -0.25) is 19.8 Å². The molecule has 5 nitrogen and oxygen atoms in total. The number of benzene rings is 4. The quantitative estimate of drug-likeness (QED) is 0.117. The fourth-order valence-corrected chi connectivity index (χ4v) is 5.68. The lowest BCUT2D eigenvalue weighted by Gasteiger charge is -2.29. The van der Waals surface area contributed by atoms with Gasteiger partial charge in [-0.2, -0.15) is 0 Å². The monoisotopic (exact) mass is 631 g/mol. The molecule has 206 valence electrons. The van der Waals surface area contributed by atoms with E-state index < -0.39 is 11.8 Å². The zero-order valence-corrected chi connectivity index (χ0v) is 25.2. The molecule has 0 radical (unpaired) electrons. The second kappa shape index (κ2) is 11.7. The molecule has 1 N–H and O–H groups in total. The summed E-state index contributed by atoms with van der Waals surface area (Å²) in [5, 5.41) is 2.79. The molecule has 2 amide bonds. The van der Waals surface area contributed by atoms with Crippen LogP contribution in [0.15, 0.2) is 125 Å². The molecule has 0 unspecified atom stereocenters. The number of nitrogens with zero attached hydrogens (tertiary/aromatic N) is 2. The molecule has 7 heteroatoms. The Labute approximate surface area is 258 Å². The lowest BCUT2D eigenvalue weighted by molar-refractivity contribution is -0.122. The molecule has 0 aliphatic carbocycles. The number of carbonyl (C=O) groups is 2. The maximum atomic E-state index is 13.9. The molecule has 5 aromatic rings. The number of aromatic nitrogens is 1. The fraction of sp³-hybridized carbons (Fsp3) is 0.0571. The fourth-order valence-electron chi connectivity index (χ4n) is 5.14. The van der Waals surface area contributed by atoms with Crippen LogP contribution in [-0.2, 0) is 16.0 Å². The first-order valence-corrected chi connectivity index (χ1v) is 14.8. The van der Waals surface area contributed by atoms with Gasteiger partial charge in [0.05, 0.1) is 17.1 Å². The van der Waals surface area contributed by atoms with Gasteiger partial charge in [0.15, 0.2) is 5.11 Å². The van der Waals surface area contributed by atoms with Crippen LogP contribution in [0.25, 0.3) is 34.3 Å². The van der Waals surface area contributed by atoms with Crippen molar-refractivity contribution in [1.29, 1.82) is 0 Å². The highest BCUT2D eigenvalue weighted by Gasteiger charge is 2.35. The number of halogens is 1. The van der Waals surface area contributed by atoms with E-state index in [4.69, 9.17) is 12.2 Å². The van der Waals surface area contributed by atoms with Crippen molar-refractivity contribution in [3.8, 4) is 28.2 Å². The molecule has 4 aromatic carbocycles. The second-order valence-electron chi connectivity index (χ2n) is 9.86. The van der Waals surface area contributed by atoms with Crippen LogP contribution in [0.5, 0.6) is 0 Å². The molecular formula is C35H26BrN3O2S. The number of thiocarbonyl (C=S) groups is 1. The largest absolute Gasteiger partial charge is 0.309 e. The Bertz CT molecular complexity index is 1830. The summed E-state index contributed by atoms with van der Waals surface area (Å²) in [7, 11) is 0. The number of rotatable bonds is 6. The Morgan fingerprint density at radius 3 is 2.00 bits per heavy atom. The molecule has 1 fully saturated rings. The van der Waals surface area contributed by atoms with E-state index in [0.29, 0.717) is 5.69 Å². The van der Waals surface area contributed by atoms with E-state index in [1.54, 1.807) is 6.08 Å². The molecule has 0 spiro atoms. The first kappa shape index (κ1) is 27.6. The molecule has 1 aromatic heterocycles. The molecule has 0 atom stereocenters. The molecule has 0 bridgehead atoms. The highest BCUT2D eigenvalue weighted by atomic mass is 79.9. The number of amides is 2. The third kappa shape index (κ3) is 5.24. The van der Waals surface area contributed by atoms with E-state index in [-0.39, 0.29) is 10.7 Å². The normalized spacial score (nSPS) is 14.4. The molecule has 0 saturated carbocycles. The van der Waals surface area contributed by atoms with Crippen molar-refractivity contribution in [2.45, 2.75) is 13.3 Å². The third-order valence-electron chi connectivity index (χ3n) is 7.24. The molecule has 1 aliphatic rings. The summed E-state index contributed by atoms with van der Waals surface area (Å²) in [5.41, 5.74) is 7.16. The average molecular weight is 633 g/mol. The minimum atomic E-state index is -0.525. The summed E-state index contributed by atoms with van der Waals surface area (Å²) in [6.07, 6.45) is 2.55. The minimum absolute atomic E-state index is 0.00733. The van der Waals surface area contributed by atoms with Crippen LogP contribution in [0.4, 0.5) is 5.69 Å². The van der Waals surface area contributed by atoms with Gasteiger partial charge in [0.25, 0.3) is 11.8 Å². The topological polar surface area (TPSA) is 54.3 Å². The van der Waals surface area contributed by atoms with Gasteiger partial charge >= 0.3 is 0 Å². The predicted molar refractivity (Wildman–Crippen MR) is 176 cm³/mol. The van der Waals surface area contributed by atoms with Crippen molar-refractivity contribution in [3.63, 3.8) is 0 Å². The van der Waals surface area contributed by atoms with Gasteiger partial charge in [0.2, 0.25) is 0 Å². The van der Waals surface area contributed by atoms with Gasteiger partial charge in [-0.25, -0.2) is 0 Å². The van der Waals surface area contributed by atoms with Gasteiger partial charge in [0.1, 0.15) is 5.57 Å². The Balaban J connectivity index is 1.57. The maximum absolute atomic E-state index is 13.9. The van der Waals surface area contributed by atoms with Crippen LogP contribution in [0.3, 0.4) is 0 Å². The SMILES string of the molecule is CCc1ccc(N2C(=O)/C(=C\c3cc(-c4ccccc4)n(-c4ccc(Br)cc4)c3-c3ccccc3)C(=O)NC2=S)cc1. The zero-order valence-electron chi connectivity index (χ0n) is 22.8. The second-order valence-corrected chi connectivity index (χ2v) is 11.2. The first-order chi connectivity index (χ1) is 20.4. The summed E-state index contributed by atoms with van der Waals surface area (Å²) in [5.74, 6) is -0.993. The number of hydrogen-bond donors (Lipinski definition) is 1. The van der Waals surface area contributed by atoms with Crippen LogP contribution in [0.1, 0.15) is 18.1 Å². The highest BCUT2D eigenvalue weighted by Crippen LogP contribution is 2.38. The Morgan fingerprint density at radius 2 is 1.38 bits per heavy atom. The maximum Gasteiger partial charge on any atom is 0.270 e. The standard InChI is InChI=1S/C35H26BrN3O2S/c1-2-23-13-17-29(18-14-23)39-34(41)30(33(40)37-35(39)42)21-26-22-31(24-9-5-3-6-10-24)38(28-19-15-27(36)16-20-28)32(26)25-11-7-4-8-12-25/h3-22H,2H2,1H3,(H,37,40,42)/b30-21-. The predicted octanol–water partition coefficient (Wildman–Crippen LogP) is 7.97. The van der Waals surface area contributed by atoms with Gasteiger partial charge in [-0.15, -0.1) is 0 Å². The summed E-state index contributed by atoms with van der Waals surface area (Å²) in [6, 6.07) is 37.8. The van der Waals surface area contributed by atoms with Crippen LogP contribution in [-0.4, -0.2) is 21.5 Å². The molecule has 42 heavy (non-hydrogen) atoms. The first-order valence-electron chi connectivity index (χ1n) is 13.6. The highest BCUT2D eigenvalue weighted by molar-refractivity contribution is 9.10. The lowest BCUT2D eigenvalue weighted by atomic mass is 10.0. The van der Waals surface area contributed by atoms with Crippen molar-refractivity contribution in [3.05, 3.63) is 136 Å². The van der Waals surface area contributed by atoms with Crippen molar-refractivity contribution in [1.82, 2.24) is 9.88 Å². The number of carbonyl (C=O) groups excluding carboxylic acids is 2. The van der Waals surface area contributed by atoms with Crippen LogP contribution in [0, 0.1) is 0 Å². The van der Waals surface area contributed by atoms with Gasteiger partial charge < -0.3 is 4.57 Å². The van der Waals surface area contributed by atoms with Crippen molar-refractivity contribution in [2.24, 2.45) is 0 Å². The summed E-state index contributed by atoms with van der Waals surface area (Å²) in [4.78, 5) is 28.6. The van der Waals surface area contributed by atoms with Crippen LogP contribution in [0.2, 0.25) is 0 Å². The zero-order chi connectivity index (χ0) is 29.2. The number of aryl methyl sites for hydroxylation is 1. The van der Waals surface area contributed by atoms with E-state index in [0.717, 1.165) is 50.2 Å². The van der Waals surface area contributed by atoms with Crippen LogP contribution < -0.4 is 10.2 Å². The summed E-state index contributed by atoms with van der Waals surface area (Å²) >= 11 is 9.00. The van der Waals surface area contributed by atoms with Gasteiger partial charge in [-0.1, -0.05) is 95.7 Å². The average Bonchev–Trinajstić information content (AvgIpc) is 3.40. The van der Waals surface area contributed by atoms with Crippen molar-refractivity contribution in [2.75, 3.05) is 4.90 Å². The van der Waals surface area contributed by atoms with Gasteiger partial charge in [-0.05, 0) is 83.9 Å². The third-order valence-corrected chi connectivity index (χ3v) is 8.05. The van der Waals surface area contributed by atoms with Gasteiger partial charge in [0, 0.05) is 15.7 Å². The number of hydrogen-bond acceptors (Lipinski definition) is 3. The number of nitrogens with one attached hydrogen (secondary N) is 1. The van der Waals surface area contributed by atoms with Crippen molar-refractivity contribution < 1.29 is 9.59 Å². The molecule has 1 aliphatic heterocycles. The minimum Gasteiger partial charge on any atom is -0.309 e. The van der Waals surface area contributed by atoms with E-state index in [9.17, 15) is 9.59 Å². The smallest absolute Gasteiger partial charge is 0.270 e. The molecule has 2 heterocycles. The Kier molecular flexibility index (Phi) is 7.69. The Hall–Kier alpha value is -4.59. The van der Waals surface area contributed by atoms with E-state index in [1.807, 2.05) is 103 Å². The molecule has 1 saturated heterocycles. The lowest BCUT2D eigenvalue weighted by Crippen LogP contribution is -2.54. The van der Waals surface area contributed by atoms with Crippen molar-refractivity contribution >= 4 is 56.8 Å². The van der Waals surface area contributed by atoms with E-state index >= 15 is 0 Å². The molecular weight excluding hydrogens is 606 g/mol. The summed E-state index contributed by atoms with van der Waals surface area (Å²) in [6.45, 7) is 2.07.